The number of nitriles is 1. The maximum Gasteiger partial charge on any atom is 0.265 e. The average molecular weight is 262 g/mol. The Morgan fingerprint density at radius 2 is 1.94 bits per heavy atom. The first-order chi connectivity index (χ1) is 7.43. The number of ether oxygens (including phenoxy) is 2. The number of halogens is 1. The minimum absolute atomic E-state index is 0.0171. The molecule has 0 fully saturated rings. The number of rotatable bonds is 3. The summed E-state index contributed by atoms with van der Waals surface area (Å²) in [5.74, 6) is 0.122. The van der Waals surface area contributed by atoms with Crippen molar-refractivity contribution in [2.24, 2.45) is 0 Å². The zero-order valence-electron chi connectivity index (χ0n) is 8.52. The Morgan fingerprint density at radius 1 is 1.31 bits per heavy atom. The van der Waals surface area contributed by atoms with Gasteiger partial charge in [-0.2, -0.15) is 5.26 Å². The molecule has 0 unspecified atom stereocenters. The molecule has 1 aromatic carbocycles. The lowest BCUT2D eigenvalue weighted by Gasteiger charge is -2.10. The van der Waals surface area contributed by atoms with E-state index in [1.54, 1.807) is 6.07 Å². The highest BCUT2D eigenvalue weighted by molar-refractivity contribution is 8.13. The lowest BCUT2D eigenvalue weighted by atomic mass is 10.2. The van der Waals surface area contributed by atoms with E-state index in [2.05, 4.69) is 0 Å². The van der Waals surface area contributed by atoms with Crippen molar-refractivity contribution in [1.82, 2.24) is 0 Å². The largest absolute Gasteiger partial charge is 0.493 e. The van der Waals surface area contributed by atoms with Gasteiger partial charge in [0.25, 0.3) is 9.05 Å². The number of nitrogens with zero attached hydrogens (tertiary/aromatic N) is 1. The first-order valence-electron chi connectivity index (χ1n) is 4.04. The standard InChI is InChI=1S/C9H8ClNO4S/c1-14-7-3-6(5-11)4-8(9(7)15-2)16(10,12)13/h3-4H,1-2H3. The number of methoxy groups -OCH3 is 2. The van der Waals surface area contributed by atoms with Crippen molar-refractivity contribution in [3.8, 4) is 17.6 Å². The summed E-state index contributed by atoms with van der Waals surface area (Å²) in [6.07, 6.45) is 0. The molecule has 0 N–H and O–H groups in total. The van der Waals surface area contributed by atoms with Crippen molar-refractivity contribution in [3.05, 3.63) is 17.7 Å². The fourth-order valence-electron chi connectivity index (χ4n) is 1.18. The average Bonchev–Trinajstić information content (AvgIpc) is 2.25. The summed E-state index contributed by atoms with van der Waals surface area (Å²) < 4.78 is 32.3. The second-order valence-corrected chi connectivity index (χ2v) is 5.29. The first kappa shape index (κ1) is 12.6. The molecule has 1 rings (SSSR count). The second kappa shape index (κ2) is 4.60. The molecule has 0 spiro atoms. The maximum atomic E-state index is 11.3. The van der Waals surface area contributed by atoms with Crippen molar-refractivity contribution >= 4 is 19.7 Å². The highest BCUT2D eigenvalue weighted by Gasteiger charge is 2.21. The van der Waals surface area contributed by atoms with E-state index in [1.807, 2.05) is 0 Å². The van der Waals surface area contributed by atoms with Gasteiger partial charge in [0.15, 0.2) is 11.5 Å². The van der Waals surface area contributed by atoms with Crippen molar-refractivity contribution in [3.63, 3.8) is 0 Å². The highest BCUT2D eigenvalue weighted by Crippen LogP contribution is 2.36. The Labute approximate surface area is 97.6 Å². The van der Waals surface area contributed by atoms with Gasteiger partial charge in [-0.15, -0.1) is 0 Å². The van der Waals surface area contributed by atoms with Crippen LogP contribution in [0.4, 0.5) is 0 Å². The highest BCUT2D eigenvalue weighted by atomic mass is 35.7. The Balaban J connectivity index is 3.64. The third kappa shape index (κ3) is 2.38. The SMILES string of the molecule is COc1cc(C#N)cc(S(=O)(=O)Cl)c1OC. The Kier molecular flexibility index (Phi) is 3.62. The molecule has 5 nitrogen and oxygen atoms in total. The van der Waals surface area contributed by atoms with Crippen molar-refractivity contribution in [2.75, 3.05) is 14.2 Å². The van der Waals surface area contributed by atoms with Crippen LogP contribution in [0.3, 0.4) is 0 Å². The van der Waals surface area contributed by atoms with Crippen LogP contribution in [0.15, 0.2) is 17.0 Å². The lowest BCUT2D eigenvalue weighted by Crippen LogP contribution is -2.00. The van der Waals surface area contributed by atoms with E-state index in [4.69, 9.17) is 25.4 Å². The van der Waals surface area contributed by atoms with Crippen LogP contribution in [0.5, 0.6) is 11.5 Å². The molecule has 0 radical (unpaired) electrons. The van der Waals surface area contributed by atoms with Crippen LogP contribution in [-0.2, 0) is 9.05 Å². The Bertz CT molecular complexity index is 547. The van der Waals surface area contributed by atoms with E-state index < -0.39 is 9.05 Å². The van der Waals surface area contributed by atoms with E-state index in [0.29, 0.717) is 0 Å². The van der Waals surface area contributed by atoms with Crippen LogP contribution in [0.1, 0.15) is 5.56 Å². The molecule has 0 saturated heterocycles. The van der Waals surface area contributed by atoms with Gasteiger partial charge in [0.2, 0.25) is 0 Å². The molecule has 0 bridgehead atoms. The summed E-state index contributed by atoms with van der Waals surface area (Å²) in [7, 11) is 3.86. The van der Waals surface area contributed by atoms with E-state index in [9.17, 15) is 8.42 Å². The Hall–Kier alpha value is -1.45. The summed E-state index contributed by atoms with van der Waals surface area (Å²) >= 11 is 0. The third-order valence-electron chi connectivity index (χ3n) is 1.84. The third-order valence-corrected chi connectivity index (χ3v) is 3.16. The van der Waals surface area contributed by atoms with Gasteiger partial charge in [-0.1, -0.05) is 0 Å². The van der Waals surface area contributed by atoms with Crippen LogP contribution in [0.2, 0.25) is 0 Å². The minimum Gasteiger partial charge on any atom is -0.493 e. The number of benzene rings is 1. The molecule has 0 aliphatic rings. The van der Waals surface area contributed by atoms with Crippen LogP contribution in [0, 0.1) is 11.3 Å². The monoisotopic (exact) mass is 261 g/mol. The summed E-state index contributed by atoms with van der Waals surface area (Å²) in [6, 6.07) is 4.30. The van der Waals surface area contributed by atoms with E-state index in [0.717, 1.165) is 6.07 Å². The van der Waals surface area contributed by atoms with Crippen molar-refractivity contribution in [1.29, 1.82) is 5.26 Å². The number of hydrogen-bond donors (Lipinski definition) is 0. The molecule has 0 aliphatic heterocycles. The van der Waals surface area contributed by atoms with Gasteiger partial charge in [-0.25, -0.2) is 8.42 Å². The molecular weight excluding hydrogens is 254 g/mol. The second-order valence-electron chi connectivity index (χ2n) is 2.76. The van der Waals surface area contributed by atoms with Gasteiger partial charge in [-0.3, -0.25) is 0 Å². The van der Waals surface area contributed by atoms with Crippen molar-refractivity contribution in [2.45, 2.75) is 4.90 Å². The molecule has 16 heavy (non-hydrogen) atoms. The molecule has 0 atom stereocenters. The number of hydrogen-bond acceptors (Lipinski definition) is 5. The van der Waals surface area contributed by atoms with Gasteiger partial charge in [0.1, 0.15) is 4.90 Å². The molecule has 0 aliphatic carbocycles. The summed E-state index contributed by atoms with van der Waals surface area (Å²) in [4.78, 5) is -0.285. The predicted molar refractivity (Wildman–Crippen MR) is 57.3 cm³/mol. The fourth-order valence-corrected chi connectivity index (χ4v) is 2.19. The van der Waals surface area contributed by atoms with Gasteiger partial charge < -0.3 is 9.47 Å². The molecule has 0 heterocycles. The van der Waals surface area contributed by atoms with Crippen LogP contribution in [-0.4, -0.2) is 22.6 Å². The van der Waals surface area contributed by atoms with Gasteiger partial charge in [0, 0.05) is 16.7 Å². The van der Waals surface area contributed by atoms with Crippen molar-refractivity contribution < 1.29 is 17.9 Å². The maximum absolute atomic E-state index is 11.3. The van der Waals surface area contributed by atoms with E-state index in [-0.39, 0.29) is 22.0 Å². The predicted octanol–water partition coefficient (Wildman–Crippen LogP) is 1.50. The van der Waals surface area contributed by atoms with E-state index >= 15 is 0 Å². The summed E-state index contributed by atoms with van der Waals surface area (Å²) in [5.41, 5.74) is 0.122. The zero-order valence-corrected chi connectivity index (χ0v) is 10.1. The van der Waals surface area contributed by atoms with Gasteiger partial charge in [0.05, 0.1) is 25.9 Å². The molecule has 7 heteroatoms. The Morgan fingerprint density at radius 3 is 2.31 bits per heavy atom. The van der Waals surface area contributed by atoms with Crippen LogP contribution in [0.25, 0.3) is 0 Å². The molecule has 0 aromatic heterocycles. The van der Waals surface area contributed by atoms with E-state index in [1.165, 1.54) is 20.3 Å². The first-order valence-corrected chi connectivity index (χ1v) is 6.35. The summed E-state index contributed by atoms with van der Waals surface area (Å²) in [6.45, 7) is 0. The molecule has 0 saturated carbocycles. The molecule has 86 valence electrons. The van der Waals surface area contributed by atoms with Crippen LogP contribution >= 0.6 is 10.7 Å². The smallest absolute Gasteiger partial charge is 0.265 e. The quantitative estimate of drug-likeness (QED) is 0.771. The molecule has 0 amide bonds. The normalized spacial score (nSPS) is 10.6. The lowest BCUT2D eigenvalue weighted by molar-refractivity contribution is 0.347. The van der Waals surface area contributed by atoms with Gasteiger partial charge >= 0.3 is 0 Å². The zero-order chi connectivity index (χ0) is 12.3. The van der Waals surface area contributed by atoms with Gasteiger partial charge in [-0.05, 0) is 6.07 Å². The summed E-state index contributed by atoms with van der Waals surface area (Å²) in [5, 5.41) is 8.73. The minimum atomic E-state index is -3.99. The van der Waals surface area contributed by atoms with Crippen LogP contribution < -0.4 is 9.47 Å². The topological polar surface area (TPSA) is 76.4 Å². The molecule has 1 aromatic rings. The fraction of sp³-hybridized carbons (Fsp3) is 0.222. The molecular formula is C9H8ClNO4S.